The topological polar surface area (TPSA) is 85.9 Å². The maximum atomic E-state index is 11.8. The Morgan fingerprint density at radius 1 is 1.21 bits per heavy atom. The van der Waals surface area contributed by atoms with Crippen LogP contribution in [0.15, 0.2) is 47.5 Å². The average molecular weight is 327 g/mol. The zero-order valence-electron chi connectivity index (χ0n) is 14.0. The summed E-state index contributed by atoms with van der Waals surface area (Å²) in [5.74, 6) is 0.306. The number of guanidine groups is 1. The third kappa shape index (κ3) is 4.49. The number of hydrogen-bond acceptors (Lipinski definition) is 4. The minimum Gasteiger partial charge on any atom is -0.496 e. The van der Waals surface area contributed by atoms with Gasteiger partial charge in [-0.05, 0) is 42.3 Å². The lowest BCUT2D eigenvalue weighted by Crippen LogP contribution is -2.22. The van der Waals surface area contributed by atoms with Gasteiger partial charge in [-0.1, -0.05) is 18.2 Å². The van der Waals surface area contributed by atoms with Crippen LogP contribution in [0.25, 0.3) is 0 Å². The van der Waals surface area contributed by atoms with E-state index in [4.69, 9.17) is 15.2 Å². The van der Waals surface area contributed by atoms with Crippen LogP contribution in [-0.4, -0.2) is 26.1 Å². The molecule has 2 aromatic rings. The number of carbonyl (C=O) groups excluding carboxylic acids is 1. The average Bonchev–Trinajstić information content (AvgIpc) is 2.59. The monoisotopic (exact) mass is 327 g/mol. The minimum atomic E-state index is -0.455. The second kappa shape index (κ2) is 8.01. The molecule has 6 nitrogen and oxygen atoms in total. The number of rotatable bonds is 5. The molecule has 2 aromatic carbocycles. The van der Waals surface area contributed by atoms with Crippen LogP contribution in [0.4, 0.5) is 5.69 Å². The van der Waals surface area contributed by atoms with Crippen LogP contribution in [0.3, 0.4) is 0 Å². The van der Waals surface area contributed by atoms with Crippen LogP contribution in [-0.2, 0) is 11.3 Å². The first-order valence-electron chi connectivity index (χ1n) is 7.42. The molecule has 0 atom stereocenters. The van der Waals surface area contributed by atoms with Gasteiger partial charge in [0.05, 0.1) is 20.8 Å². The van der Waals surface area contributed by atoms with Gasteiger partial charge in [-0.2, -0.15) is 0 Å². The van der Waals surface area contributed by atoms with E-state index in [0.29, 0.717) is 23.8 Å². The molecule has 0 unspecified atom stereocenters. The number of hydrogen-bond donors (Lipinski definition) is 2. The number of benzene rings is 2. The van der Waals surface area contributed by atoms with Crippen molar-refractivity contribution < 1.29 is 14.3 Å². The van der Waals surface area contributed by atoms with Crippen LogP contribution in [0, 0.1) is 6.92 Å². The zero-order chi connectivity index (χ0) is 17.5. The Hall–Kier alpha value is -3.02. The molecular formula is C18H21N3O3. The molecule has 2 rings (SSSR count). The Balaban J connectivity index is 2.11. The molecule has 6 heteroatoms. The molecule has 126 valence electrons. The number of anilines is 1. The van der Waals surface area contributed by atoms with E-state index in [1.54, 1.807) is 12.1 Å². The predicted octanol–water partition coefficient (Wildman–Crippen LogP) is 2.72. The maximum Gasteiger partial charge on any atom is 0.341 e. The predicted molar refractivity (Wildman–Crippen MR) is 94.5 cm³/mol. The van der Waals surface area contributed by atoms with E-state index >= 15 is 0 Å². The molecule has 24 heavy (non-hydrogen) atoms. The Kier molecular flexibility index (Phi) is 5.78. The summed E-state index contributed by atoms with van der Waals surface area (Å²) in [7, 11) is 2.83. The Labute approximate surface area is 141 Å². The van der Waals surface area contributed by atoms with E-state index in [0.717, 1.165) is 16.8 Å². The third-order valence-electron chi connectivity index (χ3n) is 3.39. The summed E-state index contributed by atoms with van der Waals surface area (Å²) in [4.78, 5) is 16.1. The normalized spacial score (nSPS) is 11.0. The minimum absolute atomic E-state index is 0.302. The fourth-order valence-electron chi connectivity index (χ4n) is 2.21. The summed E-state index contributed by atoms with van der Waals surface area (Å²) in [6.45, 7) is 2.34. The summed E-state index contributed by atoms with van der Waals surface area (Å²) < 4.78 is 9.92. The number of esters is 1. The smallest absolute Gasteiger partial charge is 0.341 e. The first-order valence-corrected chi connectivity index (χ1v) is 7.42. The lowest BCUT2D eigenvalue weighted by molar-refractivity contribution is 0.0597. The van der Waals surface area contributed by atoms with Crippen molar-refractivity contribution in [1.29, 1.82) is 0 Å². The van der Waals surface area contributed by atoms with Crippen molar-refractivity contribution in [2.75, 3.05) is 19.5 Å². The van der Waals surface area contributed by atoms with E-state index in [1.165, 1.54) is 14.2 Å². The molecule has 0 saturated carbocycles. The van der Waals surface area contributed by atoms with Gasteiger partial charge in [0.25, 0.3) is 0 Å². The number of aliphatic imine (C=N–C) groups is 1. The van der Waals surface area contributed by atoms with Crippen molar-refractivity contribution in [2.45, 2.75) is 13.5 Å². The van der Waals surface area contributed by atoms with Crippen molar-refractivity contribution in [3.63, 3.8) is 0 Å². The first-order chi connectivity index (χ1) is 11.5. The highest BCUT2D eigenvalue weighted by atomic mass is 16.5. The second-order valence-corrected chi connectivity index (χ2v) is 5.22. The molecule has 0 spiro atoms. The fourth-order valence-corrected chi connectivity index (χ4v) is 2.21. The van der Waals surface area contributed by atoms with Gasteiger partial charge in [0.1, 0.15) is 11.3 Å². The number of aryl methyl sites for hydroxylation is 1. The second-order valence-electron chi connectivity index (χ2n) is 5.22. The molecule has 0 aliphatic rings. The molecule has 0 aliphatic heterocycles. The van der Waals surface area contributed by atoms with Gasteiger partial charge in [0, 0.05) is 5.69 Å². The van der Waals surface area contributed by atoms with E-state index in [1.807, 2.05) is 37.3 Å². The Morgan fingerprint density at radius 2 is 2.00 bits per heavy atom. The van der Waals surface area contributed by atoms with Crippen LogP contribution in [0.2, 0.25) is 0 Å². The summed E-state index contributed by atoms with van der Waals surface area (Å²) in [5.41, 5.74) is 9.10. The summed E-state index contributed by atoms with van der Waals surface area (Å²) in [5, 5.41) is 3.04. The quantitative estimate of drug-likeness (QED) is 0.501. The van der Waals surface area contributed by atoms with E-state index in [9.17, 15) is 4.79 Å². The summed E-state index contributed by atoms with van der Waals surface area (Å²) in [6.07, 6.45) is 0. The van der Waals surface area contributed by atoms with Gasteiger partial charge < -0.3 is 20.5 Å². The molecule has 0 heterocycles. The maximum absolute atomic E-state index is 11.8. The molecule has 3 N–H and O–H groups in total. The number of carbonyl (C=O) groups is 1. The number of nitrogens with zero attached hydrogens (tertiary/aromatic N) is 1. The van der Waals surface area contributed by atoms with Crippen LogP contribution < -0.4 is 15.8 Å². The SMILES string of the molecule is COC(=O)c1cc(CN=C(N)Nc2cccc(C)c2)ccc1OC. The van der Waals surface area contributed by atoms with Gasteiger partial charge in [-0.15, -0.1) is 0 Å². The molecule has 0 aromatic heterocycles. The summed E-state index contributed by atoms with van der Waals surface area (Å²) >= 11 is 0. The zero-order valence-corrected chi connectivity index (χ0v) is 14.0. The Morgan fingerprint density at radius 3 is 2.67 bits per heavy atom. The van der Waals surface area contributed by atoms with Crippen molar-refractivity contribution in [3.05, 3.63) is 59.2 Å². The van der Waals surface area contributed by atoms with Crippen molar-refractivity contribution in [2.24, 2.45) is 10.7 Å². The highest BCUT2D eigenvalue weighted by Gasteiger charge is 2.13. The van der Waals surface area contributed by atoms with Crippen molar-refractivity contribution >= 4 is 17.6 Å². The lowest BCUT2D eigenvalue weighted by atomic mass is 10.1. The molecule has 0 saturated heterocycles. The van der Waals surface area contributed by atoms with Crippen LogP contribution in [0.5, 0.6) is 5.75 Å². The molecule has 0 bridgehead atoms. The largest absolute Gasteiger partial charge is 0.496 e. The highest BCUT2D eigenvalue weighted by molar-refractivity contribution is 5.93. The van der Waals surface area contributed by atoms with Crippen LogP contribution in [0.1, 0.15) is 21.5 Å². The molecular weight excluding hydrogens is 306 g/mol. The molecule has 0 amide bonds. The fraction of sp³-hybridized carbons (Fsp3) is 0.222. The lowest BCUT2D eigenvalue weighted by Gasteiger charge is -2.09. The van der Waals surface area contributed by atoms with E-state index in [2.05, 4.69) is 10.3 Å². The van der Waals surface area contributed by atoms with Crippen LogP contribution >= 0.6 is 0 Å². The van der Waals surface area contributed by atoms with E-state index < -0.39 is 5.97 Å². The van der Waals surface area contributed by atoms with Gasteiger partial charge in [-0.25, -0.2) is 9.79 Å². The summed E-state index contributed by atoms with van der Waals surface area (Å²) in [6, 6.07) is 13.1. The Bertz CT molecular complexity index is 757. The standard InChI is InChI=1S/C18H21N3O3/c1-12-5-4-6-14(9-12)21-18(19)20-11-13-7-8-16(23-2)15(10-13)17(22)24-3/h4-10H,11H2,1-3H3,(H3,19,20,21). The van der Waals surface area contributed by atoms with Crippen molar-refractivity contribution in [1.82, 2.24) is 0 Å². The number of nitrogens with two attached hydrogens (primary N) is 1. The van der Waals surface area contributed by atoms with E-state index in [-0.39, 0.29) is 0 Å². The number of nitrogens with one attached hydrogen (secondary N) is 1. The third-order valence-corrected chi connectivity index (χ3v) is 3.39. The molecule has 0 fully saturated rings. The molecule has 0 aliphatic carbocycles. The highest BCUT2D eigenvalue weighted by Crippen LogP contribution is 2.21. The van der Waals surface area contributed by atoms with Gasteiger partial charge in [0.2, 0.25) is 0 Å². The van der Waals surface area contributed by atoms with Gasteiger partial charge in [-0.3, -0.25) is 0 Å². The molecule has 0 radical (unpaired) electrons. The number of methoxy groups -OCH3 is 2. The number of ether oxygens (including phenoxy) is 2. The first kappa shape index (κ1) is 17.3. The van der Waals surface area contributed by atoms with Gasteiger partial charge in [0.15, 0.2) is 5.96 Å². The van der Waals surface area contributed by atoms with Gasteiger partial charge >= 0.3 is 5.97 Å². The van der Waals surface area contributed by atoms with Crippen molar-refractivity contribution in [3.8, 4) is 5.75 Å².